The molecule has 1 atom stereocenters. The number of fused-ring (bicyclic) bond motifs is 14. The van der Waals surface area contributed by atoms with Crippen LogP contribution in [0.25, 0.3) is 66.8 Å². The van der Waals surface area contributed by atoms with Crippen molar-refractivity contribution in [1.29, 1.82) is 0 Å². The van der Waals surface area contributed by atoms with Crippen molar-refractivity contribution in [3.05, 3.63) is 270 Å². The van der Waals surface area contributed by atoms with Gasteiger partial charge in [-0.05, 0) is 149 Å². The van der Waals surface area contributed by atoms with Crippen LogP contribution in [0, 0.1) is 0 Å². The molecule has 0 aliphatic heterocycles. The first-order valence-electron chi connectivity index (χ1n) is 22.8. The average Bonchev–Trinajstić information content (AvgIpc) is 3.93. The van der Waals surface area contributed by atoms with Crippen molar-refractivity contribution >= 4 is 17.1 Å². The van der Waals surface area contributed by atoms with Crippen LogP contribution < -0.4 is 4.90 Å². The minimum atomic E-state index is -0.485. The molecule has 0 heterocycles. The smallest absolute Gasteiger partial charge is 0.0725 e. The van der Waals surface area contributed by atoms with E-state index in [0.29, 0.717) is 0 Å². The molecule has 1 heteroatoms. The maximum Gasteiger partial charge on any atom is 0.0725 e. The predicted molar refractivity (Wildman–Crippen MR) is 271 cm³/mol. The van der Waals surface area contributed by atoms with Crippen LogP contribution in [0.3, 0.4) is 0 Å². The van der Waals surface area contributed by atoms with Crippen molar-refractivity contribution in [3.63, 3.8) is 0 Å². The molecule has 10 aromatic carbocycles. The molecule has 1 spiro atoms. The first-order chi connectivity index (χ1) is 32.0. The van der Waals surface area contributed by atoms with Gasteiger partial charge in [0.25, 0.3) is 0 Å². The molecule has 1 unspecified atom stereocenters. The van der Waals surface area contributed by atoms with Crippen LogP contribution in [0.5, 0.6) is 0 Å². The van der Waals surface area contributed by atoms with Gasteiger partial charge in [0, 0.05) is 22.5 Å². The van der Waals surface area contributed by atoms with Crippen molar-refractivity contribution in [1.82, 2.24) is 0 Å². The summed E-state index contributed by atoms with van der Waals surface area (Å²) in [4.78, 5) is 2.40. The van der Waals surface area contributed by atoms with E-state index >= 15 is 0 Å². The normalized spacial score (nSPS) is 15.4. The molecule has 0 fully saturated rings. The van der Waals surface area contributed by atoms with Gasteiger partial charge in [-0.15, -0.1) is 0 Å². The summed E-state index contributed by atoms with van der Waals surface area (Å²) in [6.07, 6.45) is 0. The Morgan fingerprint density at radius 2 is 0.708 bits per heavy atom. The number of hydrogen-bond donors (Lipinski definition) is 0. The van der Waals surface area contributed by atoms with Crippen LogP contribution in [0.4, 0.5) is 17.1 Å². The average molecular weight is 828 g/mol. The molecule has 0 radical (unpaired) electrons. The molecular formula is C64H45N. The van der Waals surface area contributed by atoms with Crippen LogP contribution in [0.2, 0.25) is 0 Å². The van der Waals surface area contributed by atoms with E-state index in [-0.39, 0.29) is 5.41 Å². The van der Waals surface area contributed by atoms with Gasteiger partial charge in [0.05, 0.1) is 5.41 Å². The summed E-state index contributed by atoms with van der Waals surface area (Å²) in [6.45, 7) is 4.78. The lowest BCUT2D eigenvalue weighted by atomic mass is 9.69. The quantitative estimate of drug-likeness (QED) is 0.161. The van der Waals surface area contributed by atoms with E-state index in [0.717, 1.165) is 17.1 Å². The molecule has 0 amide bonds. The largest absolute Gasteiger partial charge is 0.310 e. The van der Waals surface area contributed by atoms with Gasteiger partial charge < -0.3 is 4.90 Å². The molecule has 0 bridgehead atoms. The van der Waals surface area contributed by atoms with E-state index in [1.54, 1.807) is 0 Å². The molecule has 3 aliphatic carbocycles. The fourth-order valence-corrected chi connectivity index (χ4v) is 11.8. The summed E-state index contributed by atoms with van der Waals surface area (Å²) < 4.78 is 0. The summed E-state index contributed by atoms with van der Waals surface area (Å²) >= 11 is 0. The number of rotatable bonds is 6. The zero-order chi connectivity index (χ0) is 43.3. The van der Waals surface area contributed by atoms with Gasteiger partial charge in [0.1, 0.15) is 0 Å². The maximum atomic E-state index is 2.53. The van der Waals surface area contributed by atoms with Crippen LogP contribution in [-0.2, 0) is 10.8 Å². The summed E-state index contributed by atoms with van der Waals surface area (Å²) in [5.74, 6) is 0. The molecule has 13 rings (SSSR count). The number of hydrogen-bond acceptors (Lipinski definition) is 1. The summed E-state index contributed by atoms with van der Waals surface area (Å²) in [5, 5.41) is 0. The zero-order valence-corrected chi connectivity index (χ0v) is 36.5. The highest BCUT2D eigenvalue weighted by molar-refractivity contribution is 6.03. The van der Waals surface area contributed by atoms with Crippen LogP contribution in [0.1, 0.15) is 47.2 Å². The second-order valence-corrected chi connectivity index (χ2v) is 18.4. The summed E-state index contributed by atoms with van der Waals surface area (Å²) in [6, 6.07) is 88.1. The van der Waals surface area contributed by atoms with Crippen LogP contribution >= 0.6 is 0 Å². The van der Waals surface area contributed by atoms with Crippen molar-refractivity contribution in [3.8, 4) is 66.8 Å². The van der Waals surface area contributed by atoms with Gasteiger partial charge in [0.2, 0.25) is 0 Å². The fraction of sp³-hybridized carbons (Fsp3) is 0.0625. The molecule has 0 saturated carbocycles. The van der Waals surface area contributed by atoms with E-state index in [4.69, 9.17) is 0 Å². The Labute approximate surface area is 381 Å². The Morgan fingerprint density at radius 3 is 1.38 bits per heavy atom. The van der Waals surface area contributed by atoms with E-state index in [1.165, 1.54) is 100 Å². The highest BCUT2D eigenvalue weighted by Gasteiger charge is 2.53. The summed E-state index contributed by atoms with van der Waals surface area (Å²) in [5.41, 5.74) is 26.2. The second kappa shape index (κ2) is 14.3. The Balaban J connectivity index is 1.04. The number of benzene rings is 10. The van der Waals surface area contributed by atoms with Crippen molar-refractivity contribution in [2.45, 2.75) is 24.7 Å². The third-order valence-corrected chi connectivity index (χ3v) is 14.7. The lowest BCUT2D eigenvalue weighted by Gasteiger charge is -2.31. The summed E-state index contributed by atoms with van der Waals surface area (Å²) in [7, 11) is 0. The van der Waals surface area contributed by atoms with Gasteiger partial charge in [-0.3, -0.25) is 0 Å². The SMILES string of the molecule is CC1(C)c2ccccc2-c2c1ccc1c2-c2ccccc2C12c1ccccc1-c1ccc(-c3cc(-c4ccccc4)cc(N(c4ccccc4)c4ccc(-c5ccccc5)cc4)c3)cc12. The first kappa shape index (κ1) is 37.5. The van der Waals surface area contributed by atoms with Gasteiger partial charge >= 0.3 is 0 Å². The fourth-order valence-electron chi connectivity index (χ4n) is 11.8. The highest BCUT2D eigenvalue weighted by Crippen LogP contribution is 2.66. The Hall–Kier alpha value is -8.00. The first-order valence-corrected chi connectivity index (χ1v) is 22.8. The molecule has 1 nitrogen and oxygen atoms in total. The Morgan fingerprint density at radius 1 is 0.262 bits per heavy atom. The molecular weight excluding hydrogens is 783 g/mol. The Bertz CT molecular complexity index is 3490. The lowest BCUT2D eigenvalue weighted by Crippen LogP contribution is -2.26. The van der Waals surface area contributed by atoms with E-state index in [2.05, 4.69) is 255 Å². The van der Waals surface area contributed by atoms with Crippen LogP contribution in [0.15, 0.2) is 237 Å². The molecule has 0 aromatic heterocycles. The van der Waals surface area contributed by atoms with Gasteiger partial charge in [-0.25, -0.2) is 0 Å². The minimum Gasteiger partial charge on any atom is -0.310 e. The predicted octanol–water partition coefficient (Wildman–Crippen LogP) is 16.8. The number of nitrogens with zero attached hydrogens (tertiary/aromatic N) is 1. The van der Waals surface area contributed by atoms with E-state index in [9.17, 15) is 0 Å². The molecule has 0 saturated heterocycles. The van der Waals surface area contributed by atoms with Gasteiger partial charge in [0.15, 0.2) is 0 Å². The lowest BCUT2D eigenvalue weighted by molar-refractivity contribution is 0.660. The second-order valence-electron chi connectivity index (χ2n) is 18.4. The molecule has 10 aromatic rings. The number of anilines is 3. The molecule has 0 N–H and O–H groups in total. The van der Waals surface area contributed by atoms with E-state index in [1.807, 2.05) is 0 Å². The van der Waals surface area contributed by atoms with Gasteiger partial charge in [-0.2, -0.15) is 0 Å². The van der Waals surface area contributed by atoms with Crippen molar-refractivity contribution in [2.24, 2.45) is 0 Å². The van der Waals surface area contributed by atoms with Crippen molar-refractivity contribution < 1.29 is 0 Å². The molecule has 306 valence electrons. The molecule has 3 aliphatic rings. The third kappa shape index (κ3) is 5.46. The monoisotopic (exact) mass is 827 g/mol. The standard InChI is InChI=1S/C64H45N/c1-63(2)55-27-15-13-25-53(55)61-58(63)36-37-59-62(61)54-26-14-17-29-57(54)64(59)56-28-16-12-24-51(56)52-35-32-45(41-60(52)64)47-38-46(43-20-8-4-9-21-43)39-50(40-47)65(48-22-10-5-11-23-48)49-33-30-44(31-34-49)42-18-6-3-7-19-42/h3-41H,1-2H3. The van der Waals surface area contributed by atoms with Crippen molar-refractivity contribution in [2.75, 3.05) is 4.90 Å². The topological polar surface area (TPSA) is 3.24 Å². The van der Waals surface area contributed by atoms with Gasteiger partial charge in [-0.1, -0.05) is 202 Å². The minimum absolute atomic E-state index is 0.0939. The number of para-hydroxylation sites is 1. The van der Waals surface area contributed by atoms with E-state index < -0.39 is 5.41 Å². The zero-order valence-electron chi connectivity index (χ0n) is 36.5. The molecule has 65 heavy (non-hydrogen) atoms. The third-order valence-electron chi connectivity index (χ3n) is 14.7. The Kier molecular flexibility index (Phi) is 8.24. The van der Waals surface area contributed by atoms with Crippen LogP contribution in [-0.4, -0.2) is 0 Å². The highest BCUT2D eigenvalue weighted by atomic mass is 15.1. The maximum absolute atomic E-state index is 2.53.